The number of amides is 3. The van der Waals surface area contributed by atoms with E-state index in [4.69, 9.17) is 0 Å². The molecule has 0 spiro atoms. The first-order chi connectivity index (χ1) is 13.4. The minimum absolute atomic E-state index is 0.168. The second kappa shape index (κ2) is 8.69. The highest BCUT2D eigenvalue weighted by Crippen LogP contribution is 2.17. The van der Waals surface area contributed by atoms with E-state index in [9.17, 15) is 14.4 Å². The highest BCUT2D eigenvalue weighted by atomic mass is 16.2. The third kappa shape index (κ3) is 4.97. The third-order valence-electron chi connectivity index (χ3n) is 4.76. The van der Waals surface area contributed by atoms with Crippen LogP contribution in [-0.4, -0.2) is 35.2 Å². The van der Waals surface area contributed by atoms with Crippen LogP contribution in [0.1, 0.15) is 41.3 Å². The Balaban J connectivity index is 1.58. The normalized spacial score (nSPS) is 14.6. The molecule has 0 saturated carbocycles. The summed E-state index contributed by atoms with van der Waals surface area (Å²) in [4.78, 5) is 38.4. The second-order valence-corrected chi connectivity index (χ2v) is 7.17. The number of benzene rings is 2. The summed E-state index contributed by atoms with van der Waals surface area (Å²) in [6.07, 6.45) is 1.50. The lowest BCUT2D eigenvalue weighted by molar-refractivity contribution is -0.128. The van der Waals surface area contributed by atoms with Crippen LogP contribution in [0.15, 0.2) is 48.5 Å². The van der Waals surface area contributed by atoms with Crippen molar-refractivity contribution in [2.75, 3.05) is 11.9 Å². The van der Waals surface area contributed by atoms with E-state index in [0.29, 0.717) is 24.2 Å². The number of rotatable bonds is 6. The van der Waals surface area contributed by atoms with Crippen LogP contribution in [0.3, 0.4) is 0 Å². The van der Waals surface area contributed by atoms with Crippen molar-refractivity contribution in [1.29, 1.82) is 0 Å². The Morgan fingerprint density at radius 1 is 1.14 bits per heavy atom. The summed E-state index contributed by atoms with van der Waals surface area (Å²) in [7, 11) is 0. The van der Waals surface area contributed by atoms with Gasteiger partial charge in [-0.2, -0.15) is 0 Å². The van der Waals surface area contributed by atoms with E-state index in [1.54, 1.807) is 25.1 Å². The summed E-state index contributed by atoms with van der Waals surface area (Å²) in [5.74, 6) is -0.412. The van der Waals surface area contributed by atoms with E-state index >= 15 is 0 Å². The monoisotopic (exact) mass is 379 g/mol. The molecule has 1 atom stereocenters. The first-order valence-corrected chi connectivity index (χ1v) is 9.47. The van der Waals surface area contributed by atoms with Gasteiger partial charge < -0.3 is 15.5 Å². The molecule has 28 heavy (non-hydrogen) atoms. The predicted molar refractivity (Wildman–Crippen MR) is 108 cm³/mol. The van der Waals surface area contributed by atoms with Gasteiger partial charge in [0.25, 0.3) is 5.91 Å². The van der Waals surface area contributed by atoms with Crippen LogP contribution in [0.2, 0.25) is 0 Å². The van der Waals surface area contributed by atoms with Gasteiger partial charge >= 0.3 is 0 Å². The van der Waals surface area contributed by atoms with E-state index < -0.39 is 6.04 Å². The molecule has 6 nitrogen and oxygen atoms in total. The summed E-state index contributed by atoms with van der Waals surface area (Å²) >= 11 is 0. The standard InChI is InChI=1S/C22H25N3O3/c1-15-6-3-8-18(12-15)22(28)23-16(2)21(27)24-19-9-4-7-17(13-19)14-25-11-5-10-20(25)26/h3-4,6-9,12-13,16H,5,10-11,14H2,1-2H3,(H,23,28)(H,24,27). The van der Waals surface area contributed by atoms with Gasteiger partial charge in [0.05, 0.1) is 0 Å². The maximum absolute atomic E-state index is 12.5. The van der Waals surface area contributed by atoms with Crippen LogP contribution in [0, 0.1) is 6.92 Å². The number of nitrogens with one attached hydrogen (secondary N) is 2. The highest BCUT2D eigenvalue weighted by Gasteiger charge is 2.20. The van der Waals surface area contributed by atoms with Crippen molar-refractivity contribution in [3.05, 3.63) is 65.2 Å². The van der Waals surface area contributed by atoms with Gasteiger partial charge in [0, 0.05) is 30.8 Å². The number of aryl methyl sites for hydroxylation is 1. The van der Waals surface area contributed by atoms with Gasteiger partial charge in [-0.05, 0) is 50.1 Å². The molecule has 3 rings (SSSR count). The molecule has 6 heteroatoms. The van der Waals surface area contributed by atoms with Crippen LogP contribution in [0.25, 0.3) is 0 Å². The third-order valence-corrected chi connectivity index (χ3v) is 4.76. The molecule has 1 fully saturated rings. The van der Waals surface area contributed by atoms with Gasteiger partial charge in [0.15, 0.2) is 0 Å². The Labute approximate surface area is 164 Å². The molecule has 2 aromatic rings. The average molecular weight is 379 g/mol. The van der Waals surface area contributed by atoms with Crippen molar-refractivity contribution in [2.24, 2.45) is 0 Å². The van der Waals surface area contributed by atoms with E-state index in [1.807, 2.05) is 42.2 Å². The SMILES string of the molecule is Cc1cccc(C(=O)NC(C)C(=O)Nc2cccc(CN3CCCC3=O)c2)c1. The number of likely N-dealkylation sites (tertiary alicyclic amines) is 1. The first-order valence-electron chi connectivity index (χ1n) is 9.47. The fourth-order valence-corrected chi connectivity index (χ4v) is 3.22. The molecular formula is C22H25N3O3. The van der Waals surface area contributed by atoms with E-state index in [0.717, 1.165) is 24.1 Å². The van der Waals surface area contributed by atoms with Crippen LogP contribution < -0.4 is 10.6 Å². The van der Waals surface area contributed by atoms with Crippen LogP contribution in [0.5, 0.6) is 0 Å². The number of nitrogens with zero attached hydrogens (tertiary/aromatic N) is 1. The zero-order chi connectivity index (χ0) is 20.1. The number of carbonyl (C=O) groups is 3. The van der Waals surface area contributed by atoms with Crippen molar-refractivity contribution in [3.8, 4) is 0 Å². The Hall–Kier alpha value is -3.15. The second-order valence-electron chi connectivity index (χ2n) is 7.17. The Morgan fingerprint density at radius 3 is 2.64 bits per heavy atom. The molecule has 1 unspecified atom stereocenters. The smallest absolute Gasteiger partial charge is 0.251 e. The molecule has 2 aromatic carbocycles. The van der Waals surface area contributed by atoms with Crippen molar-refractivity contribution in [3.63, 3.8) is 0 Å². The molecule has 1 aliphatic heterocycles. The molecule has 146 valence electrons. The molecule has 3 amide bonds. The molecular weight excluding hydrogens is 354 g/mol. The lowest BCUT2D eigenvalue weighted by Gasteiger charge is -2.17. The number of hydrogen-bond donors (Lipinski definition) is 2. The molecule has 2 N–H and O–H groups in total. The van der Waals surface area contributed by atoms with Gasteiger partial charge in [0.1, 0.15) is 6.04 Å². The molecule has 0 aromatic heterocycles. The van der Waals surface area contributed by atoms with Crippen molar-refractivity contribution < 1.29 is 14.4 Å². The summed E-state index contributed by atoms with van der Waals surface area (Å²) < 4.78 is 0. The number of carbonyl (C=O) groups excluding carboxylic acids is 3. The number of anilines is 1. The Morgan fingerprint density at radius 2 is 1.93 bits per heavy atom. The molecule has 1 aliphatic rings. The van der Waals surface area contributed by atoms with Crippen LogP contribution in [-0.2, 0) is 16.1 Å². The summed E-state index contributed by atoms with van der Waals surface area (Å²) in [5.41, 5.74) is 3.12. The van der Waals surface area contributed by atoms with Gasteiger partial charge in [-0.25, -0.2) is 0 Å². The summed E-state index contributed by atoms with van der Waals surface area (Å²) in [6, 6.07) is 14.0. The summed E-state index contributed by atoms with van der Waals surface area (Å²) in [6.45, 7) is 4.88. The van der Waals surface area contributed by atoms with Crippen molar-refractivity contribution in [2.45, 2.75) is 39.3 Å². The fraction of sp³-hybridized carbons (Fsp3) is 0.318. The largest absolute Gasteiger partial charge is 0.341 e. The molecule has 1 saturated heterocycles. The van der Waals surface area contributed by atoms with E-state index in [1.165, 1.54) is 0 Å². The lowest BCUT2D eigenvalue weighted by atomic mass is 10.1. The Kier molecular flexibility index (Phi) is 6.09. The Bertz CT molecular complexity index is 894. The van der Waals surface area contributed by atoms with E-state index in [-0.39, 0.29) is 17.7 Å². The van der Waals surface area contributed by atoms with Gasteiger partial charge in [-0.3, -0.25) is 14.4 Å². The molecule has 1 heterocycles. The minimum atomic E-state index is -0.683. The zero-order valence-electron chi connectivity index (χ0n) is 16.2. The van der Waals surface area contributed by atoms with Gasteiger partial charge in [-0.15, -0.1) is 0 Å². The lowest BCUT2D eigenvalue weighted by Crippen LogP contribution is -2.41. The highest BCUT2D eigenvalue weighted by molar-refractivity contribution is 6.01. The molecule has 0 bridgehead atoms. The molecule has 0 radical (unpaired) electrons. The number of hydrogen-bond acceptors (Lipinski definition) is 3. The maximum atomic E-state index is 12.5. The zero-order valence-corrected chi connectivity index (χ0v) is 16.2. The predicted octanol–water partition coefficient (Wildman–Crippen LogP) is 2.87. The van der Waals surface area contributed by atoms with Gasteiger partial charge in [0.2, 0.25) is 11.8 Å². The molecule has 0 aliphatic carbocycles. The topological polar surface area (TPSA) is 78.5 Å². The first kappa shape index (κ1) is 19.6. The fourth-order valence-electron chi connectivity index (χ4n) is 3.22. The quantitative estimate of drug-likeness (QED) is 0.810. The van der Waals surface area contributed by atoms with Crippen molar-refractivity contribution in [1.82, 2.24) is 10.2 Å². The van der Waals surface area contributed by atoms with Crippen LogP contribution in [0.4, 0.5) is 5.69 Å². The van der Waals surface area contributed by atoms with Gasteiger partial charge in [-0.1, -0.05) is 29.8 Å². The maximum Gasteiger partial charge on any atom is 0.251 e. The average Bonchev–Trinajstić information content (AvgIpc) is 3.06. The van der Waals surface area contributed by atoms with Crippen LogP contribution >= 0.6 is 0 Å². The minimum Gasteiger partial charge on any atom is -0.341 e. The summed E-state index contributed by atoms with van der Waals surface area (Å²) in [5, 5.41) is 5.55. The van der Waals surface area contributed by atoms with E-state index in [2.05, 4.69) is 10.6 Å². The van der Waals surface area contributed by atoms with Crippen molar-refractivity contribution >= 4 is 23.4 Å².